The van der Waals surface area contributed by atoms with E-state index in [1.165, 1.54) is 45.2 Å². The molecule has 0 amide bonds. The van der Waals surface area contributed by atoms with Crippen molar-refractivity contribution in [2.75, 3.05) is 20.1 Å². The molecule has 0 aromatic carbocycles. The summed E-state index contributed by atoms with van der Waals surface area (Å²) in [5, 5.41) is 9.19. The van der Waals surface area contributed by atoms with E-state index in [1.54, 1.807) is 0 Å². The molecule has 0 radical (unpaired) electrons. The Morgan fingerprint density at radius 2 is 2.00 bits per heavy atom. The largest absolute Gasteiger partial charge is 0.306 e. The maximum absolute atomic E-state index is 9.19. The highest BCUT2D eigenvalue weighted by atomic mass is 15.1. The molecule has 1 heterocycles. The van der Waals surface area contributed by atoms with Gasteiger partial charge >= 0.3 is 0 Å². The molecule has 82 valence electrons. The summed E-state index contributed by atoms with van der Waals surface area (Å²) in [7, 11) is 2.23. The second kappa shape index (κ2) is 3.22. The van der Waals surface area contributed by atoms with Crippen LogP contribution in [0.25, 0.3) is 0 Å². The number of nitriles is 1. The smallest absolute Gasteiger partial charge is 0.0659 e. The zero-order chi connectivity index (χ0) is 10.5. The van der Waals surface area contributed by atoms with Crippen LogP contribution in [-0.2, 0) is 0 Å². The van der Waals surface area contributed by atoms with E-state index in [-0.39, 0.29) is 0 Å². The maximum Gasteiger partial charge on any atom is 0.0659 e. The predicted octanol–water partition coefficient (Wildman–Crippen LogP) is 2.27. The van der Waals surface area contributed by atoms with Gasteiger partial charge in [-0.15, -0.1) is 0 Å². The van der Waals surface area contributed by atoms with Crippen LogP contribution in [0.15, 0.2) is 0 Å². The van der Waals surface area contributed by atoms with Crippen LogP contribution < -0.4 is 0 Å². The number of likely N-dealkylation sites (tertiary alicyclic amines) is 1. The highest BCUT2D eigenvalue weighted by molar-refractivity contribution is 5.12. The van der Waals surface area contributed by atoms with Gasteiger partial charge in [0.05, 0.1) is 6.07 Å². The third kappa shape index (κ3) is 1.19. The molecule has 3 atom stereocenters. The van der Waals surface area contributed by atoms with Crippen LogP contribution in [0.3, 0.4) is 0 Å². The van der Waals surface area contributed by atoms with Crippen LogP contribution in [0.2, 0.25) is 0 Å². The van der Waals surface area contributed by atoms with E-state index in [0.29, 0.717) is 11.3 Å². The lowest BCUT2D eigenvalue weighted by molar-refractivity contribution is 0.0721. The average molecular weight is 204 g/mol. The molecule has 2 bridgehead atoms. The Hall–Kier alpha value is -0.550. The molecule has 2 saturated carbocycles. The first-order valence-corrected chi connectivity index (χ1v) is 6.34. The summed E-state index contributed by atoms with van der Waals surface area (Å²) >= 11 is 0. The first-order chi connectivity index (χ1) is 7.26. The van der Waals surface area contributed by atoms with E-state index in [4.69, 9.17) is 0 Å². The first kappa shape index (κ1) is 9.66. The molecular formula is C13H20N2. The van der Waals surface area contributed by atoms with Gasteiger partial charge in [0.1, 0.15) is 0 Å². The Labute approximate surface area is 92.3 Å². The minimum absolute atomic E-state index is 0.396. The second-order valence-corrected chi connectivity index (χ2v) is 5.89. The third-order valence-electron chi connectivity index (χ3n) is 5.49. The molecule has 2 nitrogen and oxygen atoms in total. The van der Waals surface area contributed by atoms with E-state index < -0.39 is 0 Å². The van der Waals surface area contributed by atoms with Crippen molar-refractivity contribution in [3.05, 3.63) is 0 Å². The number of piperidine rings is 1. The van der Waals surface area contributed by atoms with E-state index >= 15 is 0 Å². The lowest BCUT2D eigenvalue weighted by atomic mass is 9.69. The molecular weight excluding hydrogens is 184 g/mol. The second-order valence-electron chi connectivity index (χ2n) is 5.89. The van der Waals surface area contributed by atoms with Crippen molar-refractivity contribution in [3.8, 4) is 6.07 Å². The summed E-state index contributed by atoms with van der Waals surface area (Å²) in [6.45, 7) is 2.51. The van der Waals surface area contributed by atoms with Crippen LogP contribution in [0.1, 0.15) is 32.1 Å². The lowest BCUT2D eigenvalue weighted by Crippen LogP contribution is -2.41. The summed E-state index contributed by atoms with van der Waals surface area (Å²) < 4.78 is 0. The normalized spacial score (nSPS) is 43.3. The molecule has 3 unspecified atom stereocenters. The number of hydrogen-bond donors (Lipinski definition) is 0. The molecule has 3 rings (SSSR count). The van der Waals surface area contributed by atoms with Crippen molar-refractivity contribution >= 4 is 0 Å². The van der Waals surface area contributed by atoms with Gasteiger partial charge in [0, 0.05) is 5.92 Å². The minimum atomic E-state index is 0.396. The van der Waals surface area contributed by atoms with Gasteiger partial charge in [-0.25, -0.2) is 0 Å². The molecule has 0 aromatic rings. The molecule has 0 aromatic heterocycles. The molecule has 3 fully saturated rings. The quantitative estimate of drug-likeness (QED) is 0.605. The SMILES string of the molecule is CN1CCC2(CC1)C1CCC2C(C#N)C1. The van der Waals surface area contributed by atoms with Gasteiger partial charge in [-0.1, -0.05) is 0 Å². The lowest BCUT2D eigenvalue weighted by Gasteiger charge is -2.42. The summed E-state index contributed by atoms with van der Waals surface area (Å²) in [5.41, 5.74) is 0.590. The Kier molecular flexibility index (Phi) is 2.07. The maximum atomic E-state index is 9.19. The van der Waals surface area contributed by atoms with Gasteiger partial charge in [-0.2, -0.15) is 5.26 Å². The summed E-state index contributed by atoms with van der Waals surface area (Å²) in [4.78, 5) is 2.45. The summed E-state index contributed by atoms with van der Waals surface area (Å²) in [6.07, 6.45) is 6.68. The van der Waals surface area contributed by atoms with Crippen LogP contribution in [-0.4, -0.2) is 25.0 Å². The predicted molar refractivity (Wildman–Crippen MR) is 59.1 cm³/mol. The van der Waals surface area contributed by atoms with Gasteiger partial charge in [-0.05, 0) is 69.5 Å². The van der Waals surface area contributed by atoms with Crippen molar-refractivity contribution in [2.45, 2.75) is 32.1 Å². The Bertz CT molecular complexity index is 296. The first-order valence-electron chi connectivity index (χ1n) is 6.34. The highest BCUT2D eigenvalue weighted by Gasteiger charge is 2.58. The van der Waals surface area contributed by atoms with Crippen LogP contribution in [0, 0.1) is 34.5 Å². The van der Waals surface area contributed by atoms with Crippen molar-refractivity contribution in [1.29, 1.82) is 5.26 Å². The topological polar surface area (TPSA) is 27.0 Å². The van der Waals surface area contributed by atoms with E-state index in [2.05, 4.69) is 18.0 Å². The van der Waals surface area contributed by atoms with Gasteiger partial charge in [-0.3, -0.25) is 0 Å². The number of rotatable bonds is 0. The molecule has 0 N–H and O–H groups in total. The fourth-order valence-electron chi connectivity index (χ4n) is 4.64. The standard InChI is InChI=1S/C13H20N2/c1-15-6-4-13(5-7-15)11-2-3-12(13)10(8-11)9-14/h10-12H,2-8H2,1H3. The molecule has 1 spiro atoms. The van der Waals surface area contributed by atoms with Crippen LogP contribution in [0.4, 0.5) is 0 Å². The van der Waals surface area contributed by atoms with Crippen molar-refractivity contribution < 1.29 is 0 Å². The van der Waals surface area contributed by atoms with E-state index in [0.717, 1.165) is 11.8 Å². The summed E-state index contributed by atoms with van der Waals surface area (Å²) in [5.74, 6) is 2.04. The Morgan fingerprint density at radius 3 is 2.60 bits per heavy atom. The van der Waals surface area contributed by atoms with Crippen LogP contribution in [0.5, 0.6) is 0 Å². The number of nitrogens with zero attached hydrogens (tertiary/aromatic N) is 2. The Morgan fingerprint density at radius 1 is 1.27 bits per heavy atom. The van der Waals surface area contributed by atoms with Gasteiger partial charge in [0.2, 0.25) is 0 Å². The zero-order valence-electron chi connectivity index (χ0n) is 9.58. The van der Waals surface area contributed by atoms with Gasteiger partial charge in [0.15, 0.2) is 0 Å². The monoisotopic (exact) mass is 204 g/mol. The Balaban J connectivity index is 1.85. The molecule has 1 saturated heterocycles. The molecule has 3 aliphatic rings. The molecule has 2 heteroatoms. The van der Waals surface area contributed by atoms with Crippen molar-refractivity contribution in [3.63, 3.8) is 0 Å². The molecule has 15 heavy (non-hydrogen) atoms. The summed E-state index contributed by atoms with van der Waals surface area (Å²) in [6, 6.07) is 2.56. The molecule has 1 aliphatic heterocycles. The fraction of sp³-hybridized carbons (Fsp3) is 0.923. The molecule has 2 aliphatic carbocycles. The van der Waals surface area contributed by atoms with Gasteiger partial charge < -0.3 is 4.90 Å². The zero-order valence-corrected chi connectivity index (χ0v) is 9.58. The van der Waals surface area contributed by atoms with E-state index in [9.17, 15) is 5.26 Å². The van der Waals surface area contributed by atoms with Crippen LogP contribution >= 0.6 is 0 Å². The average Bonchev–Trinajstić information content (AvgIpc) is 2.75. The highest BCUT2D eigenvalue weighted by Crippen LogP contribution is 2.64. The van der Waals surface area contributed by atoms with Crippen molar-refractivity contribution in [1.82, 2.24) is 4.90 Å². The fourth-order valence-corrected chi connectivity index (χ4v) is 4.64. The number of hydrogen-bond acceptors (Lipinski definition) is 2. The van der Waals surface area contributed by atoms with Crippen molar-refractivity contribution in [2.24, 2.45) is 23.2 Å². The minimum Gasteiger partial charge on any atom is -0.306 e. The van der Waals surface area contributed by atoms with Gasteiger partial charge in [0.25, 0.3) is 0 Å². The van der Waals surface area contributed by atoms with E-state index in [1.807, 2.05) is 0 Å². The third-order valence-corrected chi connectivity index (χ3v) is 5.49.